The van der Waals surface area contributed by atoms with Crippen LogP contribution in [0.5, 0.6) is 5.75 Å². The molecule has 1 aromatic rings. The lowest BCUT2D eigenvalue weighted by molar-refractivity contribution is -0.133. The molecule has 2 rings (SSSR count). The molecule has 4 amide bonds. The molecular weight excluding hydrogens is 360 g/mol. The van der Waals surface area contributed by atoms with Gasteiger partial charge in [-0.2, -0.15) is 8.78 Å². The number of amides is 4. The third-order valence-electron chi connectivity index (χ3n) is 4.23. The van der Waals surface area contributed by atoms with Crippen LogP contribution in [-0.4, -0.2) is 41.4 Å². The van der Waals surface area contributed by atoms with Crippen molar-refractivity contribution in [3.63, 3.8) is 0 Å². The molecule has 1 atom stereocenters. The lowest BCUT2D eigenvalue weighted by Gasteiger charge is -2.22. The Hall–Kier alpha value is -2.71. The molecule has 0 spiro atoms. The third kappa shape index (κ3) is 5.38. The van der Waals surface area contributed by atoms with E-state index in [4.69, 9.17) is 0 Å². The zero-order valence-corrected chi connectivity index (χ0v) is 15.4. The average molecular weight is 383 g/mol. The second-order valence-electron chi connectivity index (χ2n) is 7.04. The Kier molecular flexibility index (Phi) is 6.35. The van der Waals surface area contributed by atoms with Crippen LogP contribution in [-0.2, 0) is 9.59 Å². The predicted octanol–water partition coefficient (Wildman–Crippen LogP) is 2.97. The van der Waals surface area contributed by atoms with E-state index in [-0.39, 0.29) is 5.75 Å². The SMILES string of the molecule is CC(C)CC[C@@]1(C)NC(=O)N(CC(=O)Nc2ccc(OC(F)F)cc2)C1=O. The number of nitrogens with one attached hydrogen (secondary N) is 2. The Morgan fingerprint density at radius 3 is 2.44 bits per heavy atom. The maximum absolute atomic E-state index is 12.6. The van der Waals surface area contributed by atoms with E-state index >= 15 is 0 Å². The highest BCUT2D eigenvalue weighted by molar-refractivity contribution is 6.09. The van der Waals surface area contributed by atoms with Crippen molar-refractivity contribution in [3.05, 3.63) is 24.3 Å². The summed E-state index contributed by atoms with van der Waals surface area (Å²) >= 11 is 0. The molecule has 0 aliphatic carbocycles. The number of alkyl halides is 2. The molecular formula is C18H23F2N3O4. The maximum atomic E-state index is 12.6. The molecule has 0 bridgehead atoms. The van der Waals surface area contributed by atoms with Gasteiger partial charge in [-0.1, -0.05) is 13.8 Å². The van der Waals surface area contributed by atoms with E-state index in [2.05, 4.69) is 15.4 Å². The van der Waals surface area contributed by atoms with Gasteiger partial charge in [0, 0.05) is 5.69 Å². The van der Waals surface area contributed by atoms with Crippen LogP contribution >= 0.6 is 0 Å². The summed E-state index contributed by atoms with van der Waals surface area (Å²) in [5, 5.41) is 5.16. The number of anilines is 1. The molecule has 0 aromatic heterocycles. The minimum atomic E-state index is -2.94. The van der Waals surface area contributed by atoms with Gasteiger partial charge in [0.15, 0.2) is 0 Å². The third-order valence-corrected chi connectivity index (χ3v) is 4.23. The van der Waals surface area contributed by atoms with Gasteiger partial charge in [0.05, 0.1) is 0 Å². The smallest absolute Gasteiger partial charge is 0.387 e. The molecule has 1 aliphatic heterocycles. The van der Waals surface area contributed by atoms with Crippen molar-refractivity contribution in [1.82, 2.24) is 10.2 Å². The highest BCUT2D eigenvalue weighted by Crippen LogP contribution is 2.25. The van der Waals surface area contributed by atoms with E-state index in [1.807, 2.05) is 13.8 Å². The maximum Gasteiger partial charge on any atom is 0.387 e. The van der Waals surface area contributed by atoms with Crippen LogP contribution in [0.3, 0.4) is 0 Å². The van der Waals surface area contributed by atoms with Gasteiger partial charge in [0.2, 0.25) is 5.91 Å². The summed E-state index contributed by atoms with van der Waals surface area (Å²) in [6.07, 6.45) is 1.24. The Morgan fingerprint density at radius 1 is 1.26 bits per heavy atom. The number of urea groups is 1. The van der Waals surface area contributed by atoms with Crippen LogP contribution in [0.2, 0.25) is 0 Å². The first-order valence-electron chi connectivity index (χ1n) is 8.59. The summed E-state index contributed by atoms with van der Waals surface area (Å²) in [6, 6.07) is 4.71. The summed E-state index contributed by atoms with van der Waals surface area (Å²) in [6.45, 7) is 2.32. The quantitative estimate of drug-likeness (QED) is 0.676. The first kappa shape index (κ1) is 20.6. The molecule has 148 valence electrons. The number of ether oxygens (including phenoxy) is 1. The number of carbonyl (C=O) groups excluding carboxylic acids is 3. The van der Waals surface area contributed by atoms with Gasteiger partial charge in [-0.05, 0) is 49.9 Å². The monoisotopic (exact) mass is 383 g/mol. The van der Waals surface area contributed by atoms with Gasteiger partial charge >= 0.3 is 12.6 Å². The minimum absolute atomic E-state index is 0.0435. The van der Waals surface area contributed by atoms with Gasteiger partial charge in [0.1, 0.15) is 17.8 Å². The van der Waals surface area contributed by atoms with Gasteiger partial charge in [-0.3, -0.25) is 14.5 Å². The number of hydrogen-bond donors (Lipinski definition) is 2. The number of nitrogens with zero attached hydrogens (tertiary/aromatic N) is 1. The topological polar surface area (TPSA) is 87.7 Å². The summed E-state index contributed by atoms with van der Waals surface area (Å²) in [4.78, 5) is 37.7. The number of imide groups is 1. The zero-order chi connectivity index (χ0) is 20.2. The molecule has 1 fully saturated rings. The fraction of sp³-hybridized carbons (Fsp3) is 0.500. The lowest BCUT2D eigenvalue weighted by atomic mass is 9.92. The molecule has 0 unspecified atom stereocenters. The van der Waals surface area contributed by atoms with Crippen LogP contribution in [0.25, 0.3) is 0 Å². The Balaban J connectivity index is 1.95. The van der Waals surface area contributed by atoms with Gasteiger partial charge in [-0.15, -0.1) is 0 Å². The molecule has 1 aliphatic rings. The standard InChI is InChI=1S/C18H23F2N3O4/c1-11(2)8-9-18(3)15(25)23(17(26)22-18)10-14(24)21-12-4-6-13(7-5-12)27-16(19)20/h4-7,11,16H,8-10H2,1-3H3,(H,21,24)(H,22,26)/t18-/m1/s1. The second kappa shape index (κ2) is 8.32. The lowest BCUT2D eigenvalue weighted by Crippen LogP contribution is -2.44. The number of rotatable bonds is 8. The molecule has 7 nitrogen and oxygen atoms in total. The van der Waals surface area contributed by atoms with Crippen molar-refractivity contribution in [2.75, 3.05) is 11.9 Å². The molecule has 1 aromatic carbocycles. The molecule has 27 heavy (non-hydrogen) atoms. The van der Waals surface area contributed by atoms with Crippen LogP contribution in [0.1, 0.15) is 33.6 Å². The number of benzene rings is 1. The first-order valence-corrected chi connectivity index (χ1v) is 8.59. The summed E-state index contributed by atoms with van der Waals surface area (Å²) in [7, 11) is 0. The van der Waals surface area contributed by atoms with E-state index in [0.717, 1.165) is 11.3 Å². The van der Waals surface area contributed by atoms with Crippen LogP contribution in [0.4, 0.5) is 19.3 Å². The van der Waals surface area contributed by atoms with E-state index < -0.39 is 36.5 Å². The average Bonchev–Trinajstić information content (AvgIpc) is 2.78. The van der Waals surface area contributed by atoms with Crippen LogP contribution in [0, 0.1) is 5.92 Å². The predicted molar refractivity (Wildman–Crippen MR) is 94.4 cm³/mol. The Morgan fingerprint density at radius 2 is 1.89 bits per heavy atom. The number of carbonyl (C=O) groups is 3. The molecule has 0 radical (unpaired) electrons. The zero-order valence-electron chi connectivity index (χ0n) is 15.4. The fourth-order valence-corrected chi connectivity index (χ4v) is 2.70. The Labute approximate surface area is 156 Å². The number of halogens is 2. The first-order chi connectivity index (χ1) is 12.6. The van der Waals surface area contributed by atoms with Gasteiger partial charge < -0.3 is 15.4 Å². The van der Waals surface area contributed by atoms with Gasteiger partial charge in [-0.25, -0.2) is 4.79 Å². The van der Waals surface area contributed by atoms with Crippen molar-refractivity contribution in [1.29, 1.82) is 0 Å². The molecule has 1 saturated heterocycles. The van der Waals surface area contributed by atoms with Gasteiger partial charge in [0.25, 0.3) is 5.91 Å². The minimum Gasteiger partial charge on any atom is -0.435 e. The molecule has 0 saturated carbocycles. The highest BCUT2D eigenvalue weighted by atomic mass is 19.3. The van der Waals surface area contributed by atoms with Crippen molar-refractivity contribution in [2.24, 2.45) is 5.92 Å². The van der Waals surface area contributed by atoms with Crippen LogP contribution < -0.4 is 15.4 Å². The molecule has 9 heteroatoms. The number of hydrogen-bond acceptors (Lipinski definition) is 4. The highest BCUT2D eigenvalue weighted by Gasteiger charge is 2.47. The van der Waals surface area contributed by atoms with E-state index in [1.165, 1.54) is 24.3 Å². The van der Waals surface area contributed by atoms with Crippen molar-refractivity contribution >= 4 is 23.5 Å². The fourth-order valence-electron chi connectivity index (χ4n) is 2.70. The van der Waals surface area contributed by atoms with Crippen molar-refractivity contribution in [2.45, 2.75) is 45.8 Å². The van der Waals surface area contributed by atoms with Crippen molar-refractivity contribution < 1.29 is 27.9 Å². The second-order valence-corrected chi connectivity index (χ2v) is 7.04. The van der Waals surface area contributed by atoms with E-state index in [1.54, 1.807) is 6.92 Å². The summed E-state index contributed by atoms with van der Waals surface area (Å²) in [5.41, 5.74) is -0.688. The normalized spacial score (nSPS) is 19.6. The summed E-state index contributed by atoms with van der Waals surface area (Å²) in [5.74, 6) is -0.683. The van der Waals surface area contributed by atoms with Crippen LogP contribution in [0.15, 0.2) is 24.3 Å². The molecule has 2 N–H and O–H groups in total. The van der Waals surface area contributed by atoms with E-state index in [0.29, 0.717) is 18.0 Å². The van der Waals surface area contributed by atoms with Crippen molar-refractivity contribution in [3.8, 4) is 5.75 Å². The Bertz CT molecular complexity index is 709. The summed E-state index contributed by atoms with van der Waals surface area (Å²) < 4.78 is 28.5. The van der Waals surface area contributed by atoms with E-state index in [9.17, 15) is 23.2 Å². The molecule has 1 heterocycles. The largest absolute Gasteiger partial charge is 0.435 e.